The highest BCUT2D eigenvalue weighted by atomic mass is 35.5. The molecule has 0 N–H and O–H groups in total. The van der Waals surface area contributed by atoms with E-state index in [0.29, 0.717) is 0 Å². The van der Waals surface area contributed by atoms with Crippen molar-refractivity contribution in [2.75, 3.05) is 20.6 Å². The van der Waals surface area contributed by atoms with Gasteiger partial charge in [-0.3, -0.25) is 0 Å². The van der Waals surface area contributed by atoms with Crippen molar-refractivity contribution in [3.63, 3.8) is 0 Å². The van der Waals surface area contributed by atoms with Gasteiger partial charge in [-0.05, 0) is 25.3 Å². The maximum atomic E-state index is 2.41. The molecule has 0 amide bonds. The zero-order valence-electron chi connectivity index (χ0n) is 18.7. The number of rotatable bonds is 16. The quantitative estimate of drug-likeness (QED) is 0.287. The minimum absolute atomic E-state index is 0. The predicted octanol–water partition coefficient (Wildman–Crippen LogP) is 4.40. The molecule has 0 spiro atoms. The van der Waals surface area contributed by atoms with E-state index in [4.69, 9.17) is 0 Å². The fraction of sp³-hybridized carbons (Fsp3) is 0.760. The number of hydrogen-bond donors (Lipinski definition) is 0. The number of hydrogen-bond acceptors (Lipinski definition) is 0. The normalized spacial score (nSPS) is 12.6. The Balaban J connectivity index is 0.00000676. The van der Waals surface area contributed by atoms with Gasteiger partial charge in [0.25, 0.3) is 0 Å². The van der Waals surface area contributed by atoms with Crippen LogP contribution in [-0.4, -0.2) is 31.2 Å². The fourth-order valence-corrected chi connectivity index (χ4v) is 3.89. The summed E-state index contributed by atoms with van der Waals surface area (Å²) in [6, 6.07) is 11.8. The van der Waals surface area contributed by atoms with E-state index in [1.165, 1.54) is 95.6 Å². The van der Waals surface area contributed by atoms with Crippen LogP contribution >= 0.6 is 0 Å². The molecule has 1 unspecified atom stereocenters. The first-order valence-electron chi connectivity index (χ1n) is 11.5. The minimum atomic E-state index is 0. The molecule has 1 rings (SSSR count). The molecule has 0 fully saturated rings. The fourth-order valence-electron chi connectivity index (χ4n) is 3.89. The molecule has 0 bridgehead atoms. The molecule has 0 aromatic heterocycles. The molecular formula is C25H46ClN. The van der Waals surface area contributed by atoms with Crippen LogP contribution < -0.4 is 12.4 Å². The van der Waals surface area contributed by atoms with Crippen LogP contribution in [0.2, 0.25) is 0 Å². The van der Waals surface area contributed by atoms with Crippen molar-refractivity contribution in [3.8, 4) is 0 Å². The Morgan fingerprint density at radius 2 is 1.19 bits per heavy atom. The molecular weight excluding hydrogens is 350 g/mol. The lowest BCUT2D eigenvalue weighted by Gasteiger charge is -2.37. The van der Waals surface area contributed by atoms with Crippen molar-refractivity contribution >= 4 is 0 Å². The lowest BCUT2D eigenvalue weighted by molar-refractivity contribution is -0.913. The first kappa shape index (κ1) is 26.5. The number of quaternary nitrogens is 1. The third-order valence-corrected chi connectivity index (χ3v) is 6.26. The first-order valence-corrected chi connectivity index (χ1v) is 11.5. The van der Waals surface area contributed by atoms with Crippen molar-refractivity contribution in [1.29, 1.82) is 0 Å². The zero-order valence-corrected chi connectivity index (χ0v) is 19.4. The Morgan fingerprint density at radius 3 is 1.67 bits per heavy atom. The third-order valence-electron chi connectivity index (χ3n) is 6.26. The van der Waals surface area contributed by atoms with Gasteiger partial charge in [0.1, 0.15) is 0 Å². The van der Waals surface area contributed by atoms with Gasteiger partial charge in [0.2, 0.25) is 0 Å². The summed E-state index contributed by atoms with van der Waals surface area (Å²) in [7, 11) is 4.82. The summed E-state index contributed by atoms with van der Waals surface area (Å²) in [5, 5.41) is 0. The Hall–Kier alpha value is -0.530. The molecule has 0 heterocycles. The highest BCUT2D eigenvalue weighted by molar-refractivity contribution is 5.15. The summed E-state index contributed by atoms with van der Waals surface area (Å²) in [6.07, 6.45) is 18.4. The summed E-state index contributed by atoms with van der Waals surface area (Å²) in [4.78, 5) is 0. The topological polar surface area (TPSA) is 0 Å². The molecule has 0 aliphatic carbocycles. The smallest absolute Gasteiger partial charge is 0.0926 e. The summed E-state index contributed by atoms with van der Waals surface area (Å²) in [5.74, 6) is 0. The van der Waals surface area contributed by atoms with E-state index in [-0.39, 0.29) is 12.4 Å². The van der Waals surface area contributed by atoms with E-state index in [2.05, 4.69) is 58.3 Å². The van der Waals surface area contributed by atoms with Crippen molar-refractivity contribution in [3.05, 3.63) is 35.9 Å². The molecule has 2 heteroatoms. The summed E-state index contributed by atoms with van der Waals surface area (Å²) >= 11 is 0. The van der Waals surface area contributed by atoms with Crippen LogP contribution in [-0.2, 0) is 6.42 Å². The van der Waals surface area contributed by atoms with E-state index in [1.54, 1.807) is 0 Å². The summed E-state index contributed by atoms with van der Waals surface area (Å²) in [6.45, 7) is 5.85. The van der Waals surface area contributed by atoms with Crippen molar-refractivity contribution in [2.45, 2.75) is 103 Å². The van der Waals surface area contributed by atoms with Gasteiger partial charge in [-0.2, -0.15) is 0 Å². The minimum Gasteiger partial charge on any atom is -1.00 e. The van der Waals surface area contributed by atoms with Crippen molar-refractivity contribution in [1.82, 2.24) is 0 Å². The SMILES string of the molecule is CCCCCCCCCCCCCC(Cc1ccccc1)[N+](C)(C)CC.[Cl-]. The standard InChI is InChI=1S/C25H46N.ClH/c1-5-7-8-9-10-11-12-13-14-15-19-22-25(26(3,4)6-2)23-24-20-17-16-18-21-24;/h16-18,20-21,25H,5-15,19,22-23H2,1-4H3;1H/q+1;/p-1. The van der Waals surface area contributed by atoms with Gasteiger partial charge >= 0.3 is 0 Å². The van der Waals surface area contributed by atoms with Crippen molar-refractivity contribution in [2.24, 2.45) is 0 Å². The molecule has 0 aliphatic rings. The van der Waals surface area contributed by atoms with Crippen LogP contribution in [0.1, 0.15) is 96.5 Å². The molecule has 0 saturated heterocycles. The number of nitrogens with zero attached hydrogens (tertiary/aromatic N) is 1. The second-order valence-electron chi connectivity index (χ2n) is 8.76. The highest BCUT2D eigenvalue weighted by Gasteiger charge is 2.26. The molecule has 1 aromatic carbocycles. The molecule has 27 heavy (non-hydrogen) atoms. The number of unbranched alkanes of at least 4 members (excludes halogenated alkanes) is 10. The molecule has 1 atom stereocenters. The molecule has 0 radical (unpaired) electrons. The van der Waals surface area contributed by atoms with E-state index >= 15 is 0 Å². The van der Waals surface area contributed by atoms with Crippen LogP contribution in [0, 0.1) is 0 Å². The second-order valence-corrected chi connectivity index (χ2v) is 8.76. The first-order chi connectivity index (χ1) is 12.6. The van der Waals surface area contributed by atoms with Gasteiger partial charge in [-0.15, -0.1) is 0 Å². The molecule has 1 aromatic rings. The van der Waals surface area contributed by atoms with Gasteiger partial charge in [0.15, 0.2) is 0 Å². The number of likely N-dealkylation sites (N-methyl/N-ethyl adjacent to an activating group) is 1. The molecule has 1 nitrogen and oxygen atoms in total. The van der Waals surface area contributed by atoms with E-state index in [0.717, 1.165) is 10.5 Å². The van der Waals surface area contributed by atoms with Crippen LogP contribution in [0.25, 0.3) is 0 Å². The zero-order chi connectivity index (χ0) is 19.1. The predicted molar refractivity (Wildman–Crippen MR) is 118 cm³/mol. The molecule has 0 saturated carbocycles. The van der Waals surface area contributed by atoms with Crippen molar-refractivity contribution < 1.29 is 16.9 Å². The van der Waals surface area contributed by atoms with Gasteiger partial charge in [0.05, 0.1) is 26.7 Å². The largest absolute Gasteiger partial charge is 1.00 e. The number of benzene rings is 1. The lowest BCUT2D eigenvalue weighted by atomic mass is 9.97. The van der Waals surface area contributed by atoms with Gasteiger partial charge in [-0.25, -0.2) is 0 Å². The van der Waals surface area contributed by atoms with E-state index in [1.807, 2.05) is 0 Å². The van der Waals surface area contributed by atoms with Gasteiger partial charge in [-0.1, -0.05) is 101 Å². The van der Waals surface area contributed by atoms with E-state index < -0.39 is 0 Å². The Morgan fingerprint density at radius 1 is 0.704 bits per heavy atom. The molecule has 0 aliphatic heterocycles. The van der Waals surface area contributed by atoms with Crippen LogP contribution in [0.5, 0.6) is 0 Å². The van der Waals surface area contributed by atoms with Crippen LogP contribution in [0.15, 0.2) is 30.3 Å². The Kier molecular flexibility index (Phi) is 16.1. The average Bonchev–Trinajstić information content (AvgIpc) is 2.66. The van der Waals surface area contributed by atoms with Gasteiger partial charge in [0, 0.05) is 6.42 Å². The molecule has 158 valence electrons. The van der Waals surface area contributed by atoms with Crippen LogP contribution in [0.4, 0.5) is 0 Å². The summed E-state index contributed by atoms with van der Waals surface area (Å²) < 4.78 is 1.15. The maximum absolute atomic E-state index is 2.41. The highest BCUT2D eigenvalue weighted by Crippen LogP contribution is 2.20. The summed E-state index contributed by atoms with van der Waals surface area (Å²) in [5.41, 5.74) is 1.50. The van der Waals surface area contributed by atoms with Gasteiger partial charge < -0.3 is 16.9 Å². The lowest BCUT2D eigenvalue weighted by Crippen LogP contribution is -3.00. The van der Waals surface area contributed by atoms with E-state index in [9.17, 15) is 0 Å². The Labute approximate surface area is 176 Å². The number of halogens is 1. The second kappa shape index (κ2) is 16.4. The third kappa shape index (κ3) is 12.5. The average molecular weight is 396 g/mol. The monoisotopic (exact) mass is 395 g/mol. The maximum Gasteiger partial charge on any atom is 0.0926 e. The van der Waals surface area contributed by atoms with Crippen LogP contribution in [0.3, 0.4) is 0 Å². The Bertz CT molecular complexity index is 429.